The fourth-order valence-corrected chi connectivity index (χ4v) is 0.502. The van der Waals surface area contributed by atoms with Gasteiger partial charge >= 0.3 is 0 Å². The van der Waals surface area contributed by atoms with Crippen LogP contribution < -0.4 is 0 Å². The van der Waals surface area contributed by atoms with E-state index in [0.29, 0.717) is 5.57 Å². The number of aliphatic imine (C=N–C) groups is 1. The topological polar surface area (TPSA) is 29.4 Å². The monoisotopic (exact) mass is 137 g/mol. The molecule has 0 atom stereocenters. The van der Waals surface area contributed by atoms with Crippen molar-refractivity contribution in [2.75, 3.05) is 0 Å². The van der Waals surface area contributed by atoms with Gasteiger partial charge in [-0.3, -0.25) is 9.79 Å². The summed E-state index contributed by atoms with van der Waals surface area (Å²) in [7, 11) is 0. The maximum atomic E-state index is 10.7. The van der Waals surface area contributed by atoms with E-state index >= 15 is 0 Å². The molecule has 0 aliphatic rings. The van der Waals surface area contributed by atoms with E-state index in [1.165, 1.54) is 19.3 Å². The quantitative estimate of drug-likeness (QED) is 0.430. The molecule has 0 fully saturated rings. The van der Waals surface area contributed by atoms with E-state index in [-0.39, 0.29) is 5.78 Å². The van der Waals surface area contributed by atoms with Crippen LogP contribution >= 0.6 is 0 Å². The number of carbonyl (C=O) groups excluding carboxylic acids is 1. The summed E-state index contributed by atoms with van der Waals surface area (Å²) in [5.74, 6) is 0.0214. The van der Waals surface area contributed by atoms with Gasteiger partial charge < -0.3 is 0 Å². The van der Waals surface area contributed by atoms with Crippen molar-refractivity contribution in [3.05, 3.63) is 24.4 Å². The molecule has 2 heteroatoms. The van der Waals surface area contributed by atoms with Crippen LogP contribution in [0.3, 0.4) is 0 Å². The van der Waals surface area contributed by atoms with Gasteiger partial charge in [0, 0.05) is 18.0 Å². The molecule has 0 saturated carbocycles. The molecule has 0 saturated heterocycles. The Morgan fingerprint density at radius 2 is 2.20 bits per heavy atom. The molecular weight excluding hydrogens is 126 g/mol. The standard InChI is InChI=1S/C8H11NO/c1-4-8(7(3)10)6-9-5-2/h4-6H,2H2,1,3H3/b8-4+,9-6?. The maximum Gasteiger partial charge on any atom is 0.161 e. The Balaban J connectivity index is 4.25. The minimum Gasteiger partial charge on any atom is -0.294 e. The van der Waals surface area contributed by atoms with Gasteiger partial charge in [-0.25, -0.2) is 0 Å². The highest BCUT2D eigenvalue weighted by Gasteiger charge is 1.95. The molecule has 0 spiro atoms. The zero-order valence-corrected chi connectivity index (χ0v) is 6.29. The van der Waals surface area contributed by atoms with Gasteiger partial charge in [-0.15, -0.1) is 0 Å². The lowest BCUT2D eigenvalue weighted by Crippen LogP contribution is -1.96. The van der Waals surface area contributed by atoms with Gasteiger partial charge in [-0.2, -0.15) is 0 Å². The zero-order chi connectivity index (χ0) is 7.98. The third kappa shape index (κ3) is 2.97. The summed E-state index contributed by atoms with van der Waals surface area (Å²) in [4.78, 5) is 14.4. The molecule has 54 valence electrons. The predicted molar refractivity (Wildman–Crippen MR) is 43.1 cm³/mol. The van der Waals surface area contributed by atoms with Gasteiger partial charge in [0.2, 0.25) is 0 Å². The Bertz CT molecular complexity index is 189. The Hall–Kier alpha value is -1.18. The van der Waals surface area contributed by atoms with E-state index in [1.807, 2.05) is 0 Å². The summed E-state index contributed by atoms with van der Waals surface area (Å²) in [6, 6.07) is 0. The summed E-state index contributed by atoms with van der Waals surface area (Å²) in [5.41, 5.74) is 0.611. The molecule has 0 amide bonds. The van der Waals surface area contributed by atoms with Crippen LogP contribution in [-0.2, 0) is 4.79 Å². The van der Waals surface area contributed by atoms with Crippen molar-refractivity contribution >= 4 is 12.0 Å². The number of allylic oxidation sites excluding steroid dienone is 2. The summed E-state index contributed by atoms with van der Waals surface area (Å²) in [6.45, 7) is 6.69. The van der Waals surface area contributed by atoms with Crippen LogP contribution in [0.1, 0.15) is 13.8 Å². The summed E-state index contributed by atoms with van der Waals surface area (Å²) >= 11 is 0. The molecule has 0 N–H and O–H groups in total. The van der Waals surface area contributed by atoms with Crippen molar-refractivity contribution in [3.8, 4) is 0 Å². The van der Waals surface area contributed by atoms with Crippen LogP contribution in [0.4, 0.5) is 0 Å². The largest absolute Gasteiger partial charge is 0.294 e. The average Bonchev–Trinajstić information content (AvgIpc) is 1.89. The third-order valence-corrected chi connectivity index (χ3v) is 1.04. The van der Waals surface area contributed by atoms with Gasteiger partial charge in [0.05, 0.1) is 0 Å². The van der Waals surface area contributed by atoms with Crippen LogP contribution in [0.25, 0.3) is 0 Å². The summed E-state index contributed by atoms with van der Waals surface area (Å²) < 4.78 is 0. The number of carbonyl (C=O) groups is 1. The highest BCUT2D eigenvalue weighted by Crippen LogP contribution is 1.91. The first-order valence-electron chi connectivity index (χ1n) is 3.03. The van der Waals surface area contributed by atoms with E-state index in [4.69, 9.17) is 0 Å². The lowest BCUT2D eigenvalue weighted by Gasteiger charge is -1.89. The first kappa shape index (κ1) is 8.82. The van der Waals surface area contributed by atoms with Crippen LogP contribution in [0, 0.1) is 0 Å². The molecule has 2 nitrogen and oxygen atoms in total. The van der Waals surface area contributed by atoms with Gasteiger partial charge in [-0.1, -0.05) is 12.7 Å². The third-order valence-electron chi connectivity index (χ3n) is 1.04. The van der Waals surface area contributed by atoms with Crippen molar-refractivity contribution in [2.24, 2.45) is 4.99 Å². The van der Waals surface area contributed by atoms with Crippen LogP contribution in [0.5, 0.6) is 0 Å². The molecule has 0 heterocycles. The van der Waals surface area contributed by atoms with E-state index in [2.05, 4.69) is 11.6 Å². The number of ketones is 1. The van der Waals surface area contributed by atoms with Gasteiger partial charge in [0.15, 0.2) is 5.78 Å². The highest BCUT2D eigenvalue weighted by atomic mass is 16.1. The maximum absolute atomic E-state index is 10.7. The molecule has 10 heavy (non-hydrogen) atoms. The Morgan fingerprint density at radius 3 is 2.50 bits per heavy atom. The predicted octanol–water partition coefficient (Wildman–Crippen LogP) is 1.74. The summed E-state index contributed by atoms with van der Waals surface area (Å²) in [5, 5.41) is 0. The number of nitrogens with zero attached hydrogens (tertiary/aromatic N) is 1. The molecule has 0 unspecified atom stereocenters. The number of rotatable bonds is 3. The lowest BCUT2D eigenvalue weighted by atomic mass is 10.2. The van der Waals surface area contributed by atoms with Crippen LogP contribution in [-0.4, -0.2) is 12.0 Å². The second kappa shape index (κ2) is 4.68. The number of hydrogen-bond acceptors (Lipinski definition) is 2. The molecule has 0 bridgehead atoms. The molecule has 0 radical (unpaired) electrons. The first-order chi connectivity index (χ1) is 4.72. The Kier molecular flexibility index (Phi) is 4.12. The van der Waals surface area contributed by atoms with Crippen molar-refractivity contribution in [2.45, 2.75) is 13.8 Å². The van der Waals surface area contributed by atoms with E-state index in [1.54, 1.807) is 13.0 Å². The Morgan fingerprint density at radius 1 is 1.60 bits per heavy atom. The van der Waals surface area contributed by atoms with Gasteiger partial charge in [-0.05, 0) is 13.8 Å². The van der Waals surface area contributed by atoms with Crippen molar-refractivity contribution in [1.82, 2.24) is 0 Å². The number of hydrogen-bond donors (Lipinski definition) is 0. The van der Waals surface area contributed by atoms with Crippen molar-refractivity contribution < 1.29 is 4.79 Å². The number of Topliss-reactive ketones (excluding diaryl/α,β-unsaturated/α-hetero) is 1. The van der Waals surface area contributed by atoms with E-state index in [9.17, 15) is 4.79 Å². The molecule has 0 rings (SSSR count). The fraction of sp³-hybridized carbons (Fsp3) is 0.250. The molecule has 0 aliphatic carbocycles. The molecule has 0 aromatic carbocycles. The smallest absolute Gasteiger partial charge is 0.161 e. The summed E-state index contributed by atoms with van der Waals surface area (Å²) in [6.07, 6.45) is 4.61. The average molecular weight is 137 g/mol. The lowest BCUT2D eigenvalue weighted by molar-refractivity contribution is -0.113. The molecule has 0 aromatic rings. The minimum absolute atomic E-state index is 0.0214. The minimum atomic E-state index is 0.0214. The SMILES string of the molecule is C=CN=C/C(=C\C)C(C)=O. The van der Waals surface area contributed by atoms with Gasteiger partial charge in [0.1, 0.15) is 0 Å². The normalized spacial score (nSPS) is 12.0. The van der Waals surface area contributed by atoms with E-state index in [0.717, 1.165) is 0 Å². The Labute approximate surface area is 61.0 Å². The molecular formula is C8H11NO. The zero-order valence-electron chi connectivity index (χ0n) is 6.29. The van der Waals surface area contributed by atoms with Crippen LogP contribution in [0.15, 0.2) is 29.4 Å². The second-order valence-electron chi connectivity index (χ2n) is 1.76. The highest BCUT2D eigenvalue weighted by molar-refractivity contribution is 6.12. The van der Waals surface area contributed by atoms with Gasteiger partial charge in [0.25, 0.3) is 0 Å². The van der Waals surface area contributed by atoms with Crippen molar-refractivity contribution in [1.29, 1.82) is 0 Å². The molecule has 0 aliphatic heterocycles. The second-order valence-corrected chi connectivity index (χ2v) is 1.76. The van der Waals surface area contributed by atoms with Crippen LogP contribution in [0.2, 0.25) is 0 Å². The molecule has 0 aromatic heterocycles. The van der Waals surface area contributed by atoms with Crippen molar-refractivity contribution in [3.63, 3.8) is 0 Å². The fourth-order valence-electron chi connectivity index (χ4n) is 0.502. The first-order valence-corrected chi connectivity index (χ1v) is 3.03. The van der Waals surface area contributed by atoms with E-state index < -0.39 is 0 Å².